The highest BCUT2D eigenvalue weighted by molar-refractivity contribution is 5.89. The summed E-state index contributed by atoms with van der Waals surface area (Å²) in [5.74, 6) is 0.663. The summed E-state index contributed by atoms with van der Waals surface area (Å²) in [4.78, 5) is 12.8. The van der Waals surface area contributed by atoms with Crippen molar-refractivity contribution in [3.63, 3.8) is 0 Å². The first-order chi connectivity index (χ1) is 12.1. The molecular weight excluding hydrogens is 314 g/mol. The molecule has 1 unspecified atom stereocenters. The monoisotopic (exact) mass is 339 g/mol. The Morgan fingerprint density at radius 3 is 2.48 bits per heavy atom. The van der Waals surface area contributed by atoms with Gasteiger partial charge in [-0.2, -0.15) is 0 Å². The van der Waals surface area contributed by atoms with E-state index in [9.17, 15) is 4.79 Å². The number of nitrogens with one attached hydrogen (secondary N) is 2. The number of hydrogen-bond acceptors (Lipinski definition) is 4. The van der Waals surface area contributed by atoms with Crippen LogP contribution in [0.4, 0.5) is 0 Å². The van der Waals surface area contributed by atoms with Gasteiger partial charge in [0.15, 0.2) is 0 Å². The van der Waals surface area contributed by atoms with Crippen molar-refractivity contribution in [2.45, 2.75) is 31.5 Å². The minimum absolute atomic E-state index is 0.140. The Morgan fingerprint density at radius 2 is 1.84 bits per heavy atom. The summed E-state index contributed by atoms with van der Waals surface area (Å²) in [6, 6.07) is 13.9. The lowest BCUT2D eigenvalue weighted by Gasteiger charge is -2.24. The Morgan fingerprint density at radius 1 is 1.16 bits per heavy atom. The van der Waals surface area contributed by atoms with Crippen LogP contribution >= 0.6 is 0 Å². The Kier molecular flexibility index (Phi) is 5.06. The van der Waals surface area contributed by atoms with Crippen LogP contribution in [0.3, 0.4) is 0 Å². The van der Waals surface area contributed by atoms with Crippen molar-refractivity contribution in [3.05, 3.63) is 64.7 Å². The van der Waals surface area contributed by atoms with Gasteiger partial charge < -0.3 is 21.1 Å². The first-order valence-corrected chi connectivity index (χ1v) is 8.54. The van der Waals surface area contributed by atoms with Gasteiger partial charge in [0.05, 0.1) is 7.11 Å². The van der Waals surface area contributed by atoms with Crippen molar-refractivity contribution in [2.75, 3.05) is 14.2 Å². The van der Waals surface area contributed by atoms with Crippen molar-refractivity contribution in [1.82, 2.24) is 10.6 Å². The summed E-state index contributed by atoms with van der Waals surface area (Å²) >= 11 is 0. The largest absolute Gasteiger partial charge is 0.496 e. The predicted molar refractivity (Wildman–Crippen MR) is 98.2 cm³/mol. The lowest BCUT2D eigenvalue weighted by Crippen LogP contribution is -2.49. The second kappa shape index (κ2) is 7.25. The first-order valence-electron chi connectivity index (χ1n) is 8.54. The molecule has 0 aromatic heterocycles. The number of fused-ring (bicyclic) bond motifs is 1. The highest BCUT2D eigenvalue weighted by Crippen LogP contribution is 2.39. The molecule has 132 valence electrons. The summed E-state index contributed by atoms with van der Waals surface area (Å²) in [5, 5.41) is 6.11. The molecule has 0 spiro atoms. The van der Waals surface area contributed by atoms with Crippen LogP contribution in [0.1, 0.15) is 28.7 Å². The van der Waals surface area contributed by atoms with Crippen LogP contribution in [0.25, 0.3) is 0 Å². The first kappa shape index (κ1) is 17.5. The smallest absolute Gasteiger partial charge is 0.244 e. The lowest BCUT2D eigenvalue weighted by molar-refractivity contribution is -0.126. The van der Waals surface area contributed by atoms with E-state index >= 15 is 0 Å². The van der Waals surface area contributed by atoms with E-state index in [2.05, 4.69) is 22.8 Å². The molecule has 1 atom stereocenters. The second-order valence-corrected chi connectivity index (χ2v) is 6.49. The highest BCUT2D eigenvalue weighted by Gasteiger charge is 2.42. The third-order valence-corrected chi connectivity index (χ3v) is 4.87. The van der Waals surface area contributed by atoms with Crippen molar-refractivity contribution < 1.29 is 9.53 Å². The number of benzene rings is 2. The van der Waals surface area contributed by atoms with Crippen LogP contribution in [0.5, 0.6) is 5.75 Å². The van der Waals surface area contributed by atoms with E-state index in [0.717, 1.165) is 35.4 Å². The van der Waals surface area contributed by atoms with Crippen molar-refractivity contribution >= 4 is 5.91 Å². The minimum Gasteiger partial charge on any atom is -0.496 e. The van der Waals surface area contributed by atoms with E-state index in [1.54, 1.807) is 7.11 Å². The number of ether oxygens (including phenoxy) is 1. The number of methoxy groups -OCH3 is 1. The predicted octanol–water partition coefficient (Wildman–Crippen LogP) is 1.83. The van der Waals surface area contributed by atoms with Gasteiger partial charge in [-0.05, 0) is 48.2 Å². The maximum absolute atomic E-state index is 12.8. The van der Waals surface area contributed by atoms with E-state index < -0.39 is 5.54 Å². The van der Waals surface area contributed by atoms with Crippen molar-refractivity contribution in [2.24, 2.45) is 5.73 Å². The Balaban J connectivity index is 1.70. The van der Waals surface area contributed by atoms with E-state index in [1.807, 2.05) is 37.4 Å². The molecule has 0 bridgehead atoms. The van der Waals surface area contributed by atoms with Gasteiger partial charge in [-0.15, -0.1) is 0 Å². The van der Waals surface area contributed by atoms with Crippen molar-refractivity contribution in [1.29, 1.82) is 0 Å². The molecule has 0 heterocycles. The number of hydrogen-bond donors (Lipinski definition) is 3. The summed E-state index contributed by atoms with van der Waals surface area (Å²) in [5.41, 5.74) is 9.68. The molecule has 2 aromatic carbocycles. The number of rotatable bonds is 6. The second-order valence-electron chi connectivity index (χ2n) is 6.49. The van der Waals surface area contributed by atoms with Gasteiger partial charge in [0.25, 0.3) is 0 Å². The van der Waals surface area contributed by atoms with Gasteiger partial charge in [0.2, 0.25) is 5.91 Å². The molecule has 0 fully saturated rings. The van der Waals surface area contributed by atoms with Gasteiger partial charge in [-0.1, -0.05) is 36.4 Å². The normalized spacial score (nSPS) is 18.7. The molecule has 1 amide bonds. The number of carbonyl (C=O) groups excluding carboxylic acids is 1. The fourth-order valence-corrected chi connectivity index (χ4v) is 3.44. The molecule has 0 radical (unpaired) electrons. The molecule has 2 aromatic rings. The van der Waals surface area contributed by atoms with Crippen molar-refractivity contribution in [3.8, 4) is 5.75 Å². The van der Waals surface area contributed by atoms with Gasteiger partial charge in [0, 0.05) is 13.1 Å². The van der Waals surface area contributed by atoms with Gasteiger partial charge in [-0.25, -0.2) is 0 Å². The van der Waals surface area contributed by atoms with Crippen LogP contribution in [0, 0.1) is 0 Å². The Labute approximate surface area is 148 Å². The standard InChI is InChI=1S/C20H25N3O2/c1-22-12-14-6-8-15(9-7-14)13-23-19(24)20(21)11-10-16-17(20)4-3-5-18(16)25-2/h3-9,22H,10-13,21H2,1-2H3,(H,23,24). The van der Waals surface area contributed by atoms with Crippen LogP contribution in [0.15, 0.2) is 42.5 Å². The zero-order valence-electron chi connectivity index (χ0n) is 14.8. The van der Waals surface area contributed by atoms with Crippen LogP contribution in [-0.2, 0) is 29.8 Å². The summed E-state index contributed by atoms with van der Waals surface area (Å²) in [7, 11) is 3.56. The molecule has 0 saturated carbocycles. The van der Waals surface area contributed by atoms with E-state index in [1.165, 1.54) is 5.56 Å². The molecule has 4 N–H and O–H groups in total. The Hall–Kier alpha value is -2.37. The highest BCUT2D eigenvalue weighted by atomic mass is 16.5. The zero-order valence-corrected chi connectivity index (χ0v) is 14.8. The molecule has 0 saturated heterocycles. The molecule has 5 nitrogen and oxygen atoms in total. The average molecular weight is 339 g/mol. The summed E-state index contributed by atoms with van der Waals surface area (Å²) in [6.07, 6.45) is 1.34. The Bertz CT molecular complexity index is 758. The zero-order chi connectivity index (χ0) is 17.9. The molecule has 3 rings (SSSR count). The SMILES string of the molecule is CNCc1ccc(CNC(=O)C2(N)CCc3c(OC)cccc32)cc1. The quantitative estimate of drug-likeness (QED) is 0.750. The van der Waals surface area contributed by atoms with Gasteiger partial charge in [-0.3, -0.25) is 4.79 Å². The molecule has 5 heteroatoms. The van der Waals surface area contributed by atoms with Crippen LogP contribution in [-0.4, -0.2) is 20.1 Å². The van der Waals surface area contributed by atoms with Crippen LogP contribution < -0.4 is 21.1 Å². The minimum atomic E-state index is -0.990. The van der Waals surface area contributed by atoms with Gasteiger partial charge in [0.1, 0.15) is 11.3 Å². The molecular formula is C20H25N3O2. The third-order valence-electron chi connectivity index (χ3n) is 4.87. The average Bonchev–Trinajstić information content (AvgIpc) is 2.99. The molecule has 1 aliphatic carbocycles. The number of carbonyl (C=O) groups is 1. The summed E-state index contributed by atoms with van der Waals surface area (Å²) in [6.45, 7) is 1.30. The summed E-state index contributed by atoms with van der Waals surface area (Å²) < 4.78 is 5.40. The van der Waals surface area contributed by atoms with Crippen LogP contribution in [0.2, 0.25) is 0 Å². The van der Waals surface area contributed by atoms with Gasteiger partial charge >= 0.3 is 0 Å². The number of nitrogens with two attached hydrogens (primary N) is 1. The van der Waals surface area contributed by atoms with E-state index in [0.29, 0.717) is 13.0 Å². The maximum atomic E-state index is 12.8. The third kappa shape index (κ3) is 3.38. The molecule has 0 aliphatic heterocycles. The van der Waals surface area contributed by atoms with E-state index in [4.69, 9.17) is 10.5 Å². The maximum Gasteiger partial charge on any atom is 0.244 e. The molecule has 1 aliphatic rings. The number of amides is 1. The fourth-order valence-electron chi connectivity index (χ4n) is 3.44. The van der Waals surface area contributed by atoms with E-state index in [-0.39, 0.29) is 5.91 Å². The lowest BCUT2D eigenvalue weighted by atomic mass is 9.91. The molecule has 25 heavy (non-hydrogen) atoms. The fraction of sp³-hybridized carbons (Fsp3) is 0.350. The topological polar surface area (TPSA) is 76.4 Å².